The van der Waals surface area contributed by atoms with Gasteiger partial charge in [0, 0.05) is 29.2 Å². The molecule has 0 saturated heterocycles. The number of fused-ring (bicyclic) bond motifs is 1. The Labute approximate surface area is 147 Å². The van der Waals surface area contributed by atoms with Gasteiger partial charge in [0.1, 0.15) is 11.4 Å². The van der Waals surface area contributed by atoms with E-state index in [2.05, 4.69) is 15.1 Å². The molecule has 6 nitrogen and oxygen atoms in total. The van der Waals surface area contributed by atoms with Crippen LogP contribution in [0.5, 0.6) is 0 Å². The highest BCUT2D eigenvalue weighted by Crippen LogP contribution is 2.29. The van der Waals surface area contributed by atoms with Crippen molar-refractivity contribution >= 4 is 11.6 Å². The van der Waals surface area contributed by atoms with E-state index >= 15 is 0 Å². The van der Waals surface area contributed by atoms with Gasteiger partial charge in [0.05, 0.1) is 5.56 Å². The number of halogens is 1. The number of pyridine rings is 2. The van der Waals surface area contributed by atoms with E-state index in [1.807, 2.05) is 0 Å². The van der Waals surface area contributed by atoms with Crippen molar-refractivity contribution in [1.29, 1.82) is 0 Å². The largest absolute Gasteiger partial charge is 0.478 e. The molecule has 0 aliphatic carbocycles. The molecule has 0 unspecified atom stereocenters. The minimum absolute atomic E-state index is 0.00121. The molecule has 1 aromatic carbocycles. The summed E-state index contributed by atoms with van der Waals surface area (Å²) in [5.74, 6) is -1.47. The van der Waals surface area contributed by atoms with Crippen LogP contribution in [-0.2, 0) is 0 Å². The third-order valence-corrected chi connectivity index (χ3v) is 4.09. The van der Waals surface area contributed by atoms with Crippen LogP contribution in [0.15, 0.2) is 54.9 Å². The van der Waals surface area contributed by atoms with Gasteiger partial charge in [0.25, 0.3) is 0 Å². The van der Waals surface area contributed by atoms with Gasteiger partial charge in [-0.25, -0.2) is 18.7 Å². The maximum Gasteiger partial charge on any atom is 0.340 e. The van der Waals surface area contributed by atoms with Crippen LogP contribution in [0, 0.1) is 12.7 Å². The number of carbonyl (C=O) groups is 1. The van der Waals surface area contributed by atoms with Crippen LogP contribution in [0.2, 0.25) is 0 Å². The van der Waals surface area contributed by atoms with Gasteiger partial charge in [-0.15, -0.1) is 5.10 Å². The second-order valence-electron chi connectivity index (χ2n) is 5.77. The summed E-state index contributed by atoms with van der Waals surface area (Å²) >= 11 is 0. The van der Waals surface area contributed by atoms with Gasteiger partial charge in [-0.05, 0) is 31.2 Å². The highest BCUT2D eigenvalue weighted by atomic mass is 19.1. The van der Waals surface area contributed by atoms with Crippen molar-refractivity contribution in [3.05, 3.63) is 71.9 Å². The topological polar surface area (TPSA) is 80.4 Å². The SMILES string of the molecule is Cc1cc(-c2cccnc2)c(C(=O)O)c2nc(-c3ccccc3F)nn12. The molecule has 1 N–H and O–H groups in total. The van der Waals surface area contributed by atoms with E-state index in [1.54, 1.807) is 55.7 Å². The Morgan fingerprint density at radius 2 is 1.96 bits per heavy atom. The van der Waals surface area contributed by atoms with Crippen molar-refractivity contribution < 1.29 is 14.3 Å². The van der Waals surface area contributed by atoms with E-state index < -0.39 is 11.8 Å². The highest BCUT2D eigenvalue weighted by Gasteiger charge is 2.22. The first kappa shape index (κ1) is 15.9. The lowest BCUT2D eigenvalue weighted by atomic mass is 10.0. The van der Waals surface area contributed by atoms with Gasteiger partial charge < -0.3 is 5.11 Å². The summed E-state index contributed by atoms with van der Waals surface area (Å²) in [5.41, 5.74) is 2.20. The monoisotopic (exact) mass is 348 g/mol. The molecule has 0 aliphatic heterocycles. The van der Waals surface area contributed by atoms with Crippen molar-refractivity contribution in [3.8, 4) is 22.5 Å². The summed E-state index contributed by atoms with van der Waals surface area (Å²) in [7, 11) is 0. The predicted molar refractivity (Wildman–Crippen MR) is 93.3 cm³/mol. The molecule has 0 aliphatic rings. The van der Waals surface area contributed by atoms with Crippen molar-refractivity contribution in [2.24, 2.45) is 0 Å². The predicted octanol–water partition coefficient (Wildman–Crippen LogP) is 3.60. The number of aryl methyl sites for hydroxylation is 1. The minimum atomic E-state index is -1.14. The van der Waals surface area contributed by atoms with Crippen molar-refractivity contribution in [1.82, 2.24) is 19.6 Å². The number of hydrogen-bond donors (Lipinski definition) is 1. The first-order valence-electron chi connectivity index (χ1n) is 7.85. The van der Waals surface area contributed by atoms with Crippen LogP contribution in [0.3, 0.4) is 0 Å². The Bertz CT molecular complexity index is 1140. The number of aromatic carboxylic acids is 1. The number of rotatable bonds is 3. The first-order chi connectivity index (χ1) is 12.6. The molecule has 0 atom stereocenters. The smallest absolute Gasteiger partial charge is 0.340 e. The fourth-order valence-corrected chi connectivity index (χ4v) is 2.90. The molecule has 128 valence electrons. The molecule has 0 amide bonds. The molecule has 4 rings (SSSR count). The van der Waals surface area contributed by atoms with Crippen LogP contribution in [0.4, 0.5) is 4.39 Å². The molecule has 4 aromatic rings. The lowest BCUT2D eigenvalue weighted by Crippen LogP contribution is -2.06. The lowest BCUT2D eigenvalue weighted by Gasteiger charge is -2.09. The minimum Gasteiger partial charge on any atom is -0.478 e. The Kier molecular flexibility index (Phi) is 3.69. The summed E-state index contributed by atoms with van der Waals surface area (Å²) in [6, 6.07) is 11.3. The molecular weight excluding hydrogens is 335 g/mol. The van der Waals surface area contributed by atoms with Crippen LogP contribution >= 0.6 is 0 Å². The Hall–Kier alpha value is -3.61. The van der Waals surface area contributed by atoms with E-state index in [4.69, 9.17) is 0 Å². The van der Waals surface area contributed by atoms with E-state index in [1.165, 1.54) is 10.6 Å². The average molecular weight is 348 g/mol. The average Bonchev–Trinajstić information content (AvgIpc) is 3.07. The maximum absolute atomic E-state index is 14.1. The summed E-state index contributed by atoms with van der Waals surface area (Å²) in [4.78, 5) is 20.3. The molecule has 3 aromatic heterocycles. The van der Waals surface area contributed by atoms with Gasteiger partial charge in [0.2, 0.25) is 0 Å². The van der Waals surface area contributed by atoms with Crippen molar-refractivity contribution in [3.63, 3.8) is 0 Å². The number of carboxylic acids is 1. The van der Waals surface area contributed by atoms with Crippen molar-refractivity contribution in [2.75, 3.05) is 0 Å². The van der Waals surface area contributed by atoms with Gasteiger partial charge in [0.15, 0.2) is 11.5 Å². The molecule has 0 saturated carbocycles. The highest BCUT2D eigenvalue weighted by molar-refractivity contribution is 6.02. The molecule has 0 bridgehead atoms. The number of carboxylic acid groups (broad SMARTS) is 1. The second-order valence-corrected chi connectivity index (χ2v) is 5.77. The van der Waals surface area contributed by atoms with E-state index in [-0.39, 0.29) is 22.6 Å². The van der Waals surface area contributed by atoms with Gasteiger partial charge in [-0.3, -0.25) is 4.98 Å². The quantitative estimate of drug-likeness (QED) is 0.612. The zero-order chi connectivity index (χ0) is 18.3. The molecule has 0 fully saturated rings. The fraction of sp³-hybridized carbons (Fsp3) is 0.0526. The third kappa shape index (κ3) is 2.50. The second kappa shape index (κ2) is 6.03. The van der Waals surface area contributed by atoms with E-state index in [0.717, 1.165) is 0 Å². The first-order valence-corrected chi connectivity index (χ1v) is 7.85. The normalized spacial score (nSPS) is 11.0. The number of aromatic nitrogens is 4. The number of hydrogen-bond acceptors (Lipinski definition) is 4. The van der Waals surface area contributed by atoms with Crippen LogP contribution < -0.4 is 0 Å². The summed E-state index contributed by atoms with van der Waals surface area (Å²) < 4.78 is 15.5. The molecule has 7 heteroatoms. The summed E-state index contributed by atoms with van der Waals surface area (Å²) in [5, 5.41) is 14.1. The van der Waals surface area contributed by atoms with Crippen LogP contribution in [0.1, 0.15) is 16.1 Å². The zero-order valence-electron chi connectivity index (χ0n) is 13.7. The Morgan fingerprint density at radius 1 is 1.15 bits per heavy atom. The van der Waals surface area contributed by atoms with Gasteiger partial charge >= 0.3 is 5.97 Å². The van der Waals surface area contributed by atoms with Gasteiger partial charge in [-0.2, -0.15) is 0 Å². The Balaban J connectivity index is 2.04. The molecule has 0 spiro atoms. The standard InChI is InChI=1S/C19H13FN4O2/c1-11-9-14(12-5-4-8-21-10-12)16(19(25)26)18-22-17(23-24(11)18)13-6-2-3-7-15(13)20/h2-10H,1H3,(H,25,26). The maximum atomic E-state index is 14.1. The van der Waals surface area contributed by atoms with E-state index in [0.29, 0.717) is 16.8 Å². The van der Waals surface area contributed by atoms with Crippen LogP contribution in [-0.4, -0.2) is 30.7 Å². The van der Waals surface area contributed by atoms with Crippen molar-refractivity contribution in [2.45, 2.75) is 6.92 Å². The van der Waals surface area contributed by atoms with Gasteiger partial charge in [-0.1, -0.05) is 18.2 Å². The molecule has 26 heavy (non-hydrogen) atoms. The van der Waals surface area contributed by atoms with Crippen LogP contribution in [0.25, 0.3) is 28.2 Å². The number of nitrogens with zero attached hydrogens (tertiary/aromatic N) is 4. The third-order valence-electron chi connectivity index (χ3n) is 4.09. The zero-order valence-corrected chi connectivity index (χ0v) is 13.7. The number of benzene rings is 1. The summed E-state index contributed by atoms with van der Waals surface area (Å²) in [6.45, 7) is 1.79. The Morgan fingerprint density at radius 3 is 2.65 bits per heavy atom. The fourth-order valence-electron chi connectivity index (χ4n) is 2.90. The lowest BCUT2D eigenvalue weighted by molar-refractivity contribution is 0.0699. The molecule has 3 heterocycles. The molecule has 0 radical (unpaired) electrons. The summed E-state index contributed by atoms with van der Waals surface area (Å²) in [6.07, 6.45) is 3.20. The molecular formula is C19H13FN4O2. The van der Waals surface area contributed by atoms with E-state index in [9.17, 15) is 14.3 Å².